The predicted octanol–water partition coefficient (Wildman–Crippen LogP) is 7.80. The van der Waals surface area contributed by atoms with E-state index in [0.29, 0.717) is 5.41 Å². The summed E-state index contributed by atoms with van der Waals surface area (Å²) < 4.78 is 0. The zero-order valence-corrected chi connectivity index (χ0v) is 17.0. The van der Waals surface area contributed by atoms with Crippen LogP contribution < -0.4 is 0 Å². The zero-order valence-electron chi connectivity index (χ0n) is 17.0. The van der Waals surface area contributed by atoms with Crippen molar-refractivity contribution >= 4 is 0 Å². The van der Waals surface area contributed by atoms with Crippen molar-refractivity contribution in [2.45, 2.75) is 123 Å². The largest absolute Gasteiger partial charge is 0.198 e. The molecular formula is C24H41N. The van der Waals surface area contributed by atoms with Crippen LogP contribution in [0.1, 0.15) is 123 Å². The van der Waals surface area contributed by atoms with Gasteiger partial charge in [-0.05, 0) is 93.8 Å². The van der Waals surface area contributed by atoms with Gasteiger partial charge in [0.05, 0.1) is 11.5 Å². The second-order valence-electron chi connectivity index (χ2n) is 10.1. The molecule has 0 aromatic rings. The monoisotopic (exact) mass is 343 g/mol. The molecule has 25 heavy (non-hydrogen) atoms. The summed E-state index contributed by atoms with van der Waals surface area (Å²) in [6.45, 7) is 4.56. The Balaban J connectivity index is 1.52. The average Bonchev–Trinajstić information content (AvgIpc) is 2.67. The topological polar surface area (TPSA) is 23.8 Å². The number of nitrogens with zero attached hydrogens (tertiary/aromatic N) is 1. The molecule has 0 aromatic carbocycles. The van der Waals surface area contributed by atoms with Gasteiger partial charge in [-0.1, -0.05) is 46.0 Å². The second-order valence-corrected chi connectivity index (χ2v) is 10.1. The number of hydrogen-bond donors (Lipinski definition) is 0. The number of fused-ring (bicyclic) bond motifs is 3. The standard InChI is InChI=1S/C24H41N/c1-3-5-6-7-11-22-14-17-24(18-15-22,19-16-22)21-8-12-23(20-25,10-4-2)13-9-21/h21H,3-19H2,1-2H3/t21-,22?,23-,24?. The maximum absolute atomic E-state index is 9.70. The molecule has 4 rings (SSSR count). The average molecular weight is 344 g/mol. The minimum atomic E-state index is 0.0360. The van der Waals surface area contributed by atoms with Crippen LogP contribution in [-0.4, -0.2) is 0 Å². The lowest BCUT2D eigenvalue weighted by atomic mass is 9.47. The molecule has 0 aromatic heterocycles. The first-order valence-electron chi connectivity index (χ1n) is 11.5. The van der Waals surface area contributed by atoms with Crippen LogP contribution in [0.5, 0.6) is 0 Å². The normalized spacial score (nSPS) is 40.8. The molecule has 0 atom stereocenters. The Kier molecular flexibility index (Phi) is 6.18. The van der Waals surface area contributed by atoms with Crippen LogP contribution in [0.25, 0.3) is 0 Å². The first kappa shape index (κ1) is 19.3. The second kappa shape index (κ2) is 8.02. The van der Waals surface area contributed by atoms with Crippen molar-refractivity contribution in [2.24, 2.45) is 22.2 Å². The lowest BCUT2D eigenvalue weighted by Gasteiger charge is -2.58. The van der Waals surface area contributed by atoms with Gasteiger partial charge in [-0.2, -0.15) is 5.26 Å². The van der Waals surface area contributed by atoms with Crippen LogP contribution in [-0.2, 0) is 0 Å². The Hall–Kier alpha value is -0.510. The summed E-state index contributed by atoms with van der Waals surface area (Å²) >= 11 is 0. The van der Waals surface area contributed by atoms with Gasteiger partial charge in [0, 0.05) is 0 Å². The number of rotatable bonds is 8. The molecule has 0 N–H and O–H groups in total. The Morgan fingerprint density at radius 2 is 1.40 bits per heavy atom. The minimum absolute atomic E-state index is 0.0360. The molecule has 4 saturated carbocycles. The highest BCUT2D eigenvalue weighted by Crippen LogP contribution is 2.64. The highest BCUT2D eigenvalue weighted by Gasteiger charge is 2.52. The van der Waals surface area contributed by atoms with E-state index in [4.69, 9.17) is 0 Å². The maximum Gasteiger partial charge on any atom is 0.0689 e. The van der Waals surface area contributed by atoms with E-state index in [9.17, 15) is 5.26 Å². The molecule has 4 aliphatic carbocycles. The fourth-order valence-corrected chi connectivity index (χ4v) is 6.89. The molecular weight excluding hydrogens is 302 g/mol. The van der Waals surface area contributed by atoms with Crippen molar-refractivity contribution in [2.75, 3.05) is 0 Å². The predicted molar refractivity (Wildman–Crippen MR) is 106 cm³/mol. The summed E-state index contributed by atoms with van der Waals surface area (Å²) in [5.74, 6) is 0.934. The summed E-state index contributed by atoms with van der Waals surface area (Å²) in [4.78, 5) is 0. The van der Waals surface area contributed by atoms with Crippen molar-refractivity contribution in [3.8, 4) is 6.07 Å². The Morgan fingerprint density at radius 3 is 1.92 bits per heavy atom. The van der Waals surface area contributed by atoms with E-state index in [2.05, 4.69) is 19.9 Å². The van der Waals surface area contributed by atoms with Crippen LogP contribution in [0.2, 0.25) is 0 Å². The van der Waals surface area contributed by atoms with Gasteiger partial charge in [0.2, 0.25) is 0 Å². The Bertz CT molecular complexity index is 438. The van der Waals surface area contributed by atoms with Crippen molar-refractivity contribution in [3.05, 3.63) is 0 Å². The van der Waals surface area contributed by atoms with Gasteiger partial charge >= 0.3 is 0 Å². The van der Waals surface area contributed by atoms with Crippen molar-refractivity contribution in [1.29, 1.82) is 5.26 Å². The molecule has 0 aliphatic heterocycles. The Morgan fingerprint density at radius 1 is 0.760 bits per heavy atom. The Labute approximate surface area is 157 Å². The third-order valence-electron chi connectivity index (χ3n) is 8.79. The summed E-state index contributed by atoms with van der Waals surface area (Å²) in [6.07, 6.45) is 23.7. The third-order valence-corrected chi connectivity index (χ3v) is 8.79. The fourth-order valence-electron chi connectivity index (χ4n) is 6.89. The van der Waals surface area contributed by atoms with E-state index in [-0.39, 0.29) is 5.41 Å². The van der Waals surface area contributed by atoms with E-state index >= 15 is 0 Å². The number of hydrogen-bond acceptors (Lipinski definition) is 1. The van der Waals surface area contributed by atoms with Gasteiger partial charge in [0.15, 0.2) is 0 Å². The summed E-state index contributed by atoms with van der Waals surface area (Å²) in [5.41, 5.74) is 1.45. The number of nitriles is 1. The van der Waals surface area contributed by atoms with E-state index in [1.807, 2.05) is 0 Å². The summed E-state index contributed by atoms with van der Waals surface area (Å²) in [7, 11) is 0. The van der Waals surface area contributed by atoms with Crippen LogP contribution in [0.3, 0.4) is 0 Å². The molecule has 2 bridgehead atoms. The fraction of sp³-hybridized carbons (Fsp3) is 0.958. The molecule has 0 heterocycles. The third kappa shape index (κ3) is 3.94. The van der Waals surface area contributed by atoms with E-state index < -0.39 is 0 Å². The van der Waals surface area contributed by atoms with E-state index in [0.717, 1.165) is 17.8 Å². The quantitative estimate of drug-likeness (QED) is 0.412. The van der Waals surface area contributed by atoms with Gasteiger partial charge < -0.3 is 0 Å². The zero-order chi connectivity index (χ0) is 17.8. The van der Waals surface area contributed by atoms with E-state index in [1.165, 1.54) is 103 Å². The lowest BCUT2D eigenvalue weighted by Crippen LogP contribution is -2.47. The van der Waals surface area contributed by atoms with Crippen molar-refractivity contribution in [1.82, 2.24) is 0 Å². The first-order chi connectivity index (χ1) is 12.1. The van der Waals surface area contributed by atoms with Crippen molar-refractivity contribution in [3.63, 3.8) is 0 Å². The first-order valence-corrected chi connectivity index (χ1v) is 11.5. The van der Waals surface area contributed by atoms with Crippen LogP contribution in [0.4, 0.5) is 0 Å². The lowest BCUT2D eigenvalue weighted by molar-refractivity contribution is -0.0689. The summed E-state index contributed by atoms with van der Waals surface area (Å²) in [6, 6.07) is 2.72. The summed E-state index contributed by atoms with van der Waals surface area (Å²) in [5, 5.41) is 9.70. The molecule has 1 nitrogen and oxygen atoms in total. The van der Waals surface area contributed by atoms with Crippen LogP contribution >= 0.6 is 0 Å². The van der Waals surface area contributed by atoms with Gasteiger partial charge in [-0.15, -0.1) is 0 Å². The molecule has 0 radical (unpaired) electrons. The molecule has 0 spiro atoms. The molecule has 0 saturated heterocycles. The molecule has 4 aliphatic rings. The molecule has 0 amide bonds. The van der Waals surface area contributed by atoms with Crippen molar-refractivity contribution < 1.29 is 0 Å². The van der Waals surface area contributed by atoms with E-state index in [1.54, 1.807) is 0 Å². The van der Waals surface area contributed by atoms with Crippen LogP contribution in [0.15, 0.2) is 0 Å². The highest BCUT2D eigenvalue weighted by atomic mass is 14.6. The molecule has 1 heteroatoms. The number of unbranched alkanes of at least 4 members (excludes halogenated alkanes) is 3. The van der Waals surface area contributed by atoms with Gasteiger partial charge in [0.1, 0.15) is 0 Å². The molecule has 4 fully saturated rings. The van der Waals surface area contributed by atoms with Gasteiger partial charge in [-0.25, -0.2) is 0 Å². The molecule has 0 unspecified atom stereocenters. The highest BCUT2D eigenvalue weighted by molar-refractivity contribution is 5.07. The van der Waals surface area contributed by atoms with Gasteiger partial charge in [-0.3, -0.25) is 0 Å². The smallest absolute Gasteiger partial charge is 0.0689 e. The molecule has 142 valence electrons. The maximum atomic E-state index is 9.70. The SMILES string of the molecule is CCCCCCC12CCC([C@H]3CC[C@@](C#N)(CCC)CC3)(CC1)CC2. The van der Waals surface area contributed by atoms with Gasteiger partial charge in [0.25, 0.3) is 0 Å². The minimum Gasteiger partial charge on any atom is -0.198 e. The van der Waals surface area contributed by atoms with Crippen LogP contribution in [0, 0.1) is 33.5 Å².